The summed E-state index contributed by atoms with van der Waals surface area (Å²) in [6, 6.07) is -0.462. The number of amides is 3. The van der Waals surface area contributed by atoms with Gasteiger partial charge in [0.15, 0.2) is 0 Å². The summed E-state index contributed by atoms with van der Waals surface area (Å²) in [5.41, 5.74) is 0. The molecule has 18 heavy (non-hydrogen) atoms. The summed E-state index contributed by atoms with van der Waals surface area (Å²) in [5, 5.41) is 13.5. The second kappa shape index (κ2) is 8.32. The van der Waals surface area contributed by atoms with Crippen molar-refractivity contribution in [1.82, 2.24) is 15.5 Å². The molecule has 3 N–H and O–H groups in total. The fourth-order valence-corrected chi connectivity index (χ4v) is 1.04. The zero-order valence-electron chi connectivity index (χ0n) is 11.0. The summed E-state index contributed by atoms with van der Waals surface area (Å²) in [7, 11) is 1.48. The van der Waals surface area contributed by atoms with E-state index in [0.717, 1.165) is 0 Å². The molecule has 0 unspecified atom stereocenters. The van der Waals surface area contributed by atoms with Crippen LogP contribution in [-0.2, 0) is 9.59 Å². The summed E-state index contributed by atoms with van der Waals surface area (Å²) in [4.78, 5) is 34.3. The third kappa shape index (κ3) is 8.37. The number of carboxylic acid groups (broad SMARTS) is 1. The first-order chi connectivity index (χ1) is 8.32. The number of nitrogens with zero attached hydrogens (tertiary/aromatic N) is 1. The molecule has 0 fully saturated rings. The number of carbonyl (C=O) groups excluding carboxylic acids is 2. The van der Waals surface area contributed by atoms with Gasteiger partial charge < -0.3 is 20.6 Å². The van der Waals surface area contributed by atoms with Gasteiger partial charge in [0.05, 0.1) is 13.0 Å². The third-order valence-corrected chi connectivity index (χ3v) is 2.12. The van der Waals surface area contributed by atoms with E-state index >= 15 is 0 Å². The van der Waals surface area contributed by atoms with E-state index in [1.807, 2.05) is 13.8 Å². The van der Waals surface area contributed by atoms with Crippen LogP contribution in [0.5, 0.6) is 0 Å². The zero-order valence-corrected chi connectivity index (χ0v) is 11.0. The Morgan fingerprint density at radius 2 is 1.83 bits per heavy atom. The van der Waals surface area contributed by atoms with E-state index < -0.39 is 12.0 Å². The molecule has 0 aromatic heterocycles. The first-order valence-electron chi connectivity index (χ1n) is 5.80. The maximum Gasteiger partial charge on any atom is 0.317 e. The van der Waals surface area contributed by atoms with Gasteiger partial charge in [0.1, 0.15) is 0 Å². The van der Waals surface area contributed by atoms with Gasteiger partial charge >= 0.3 is 12.0 Å². The number of urea groups is 1. The average molecular weight is 259 g/mol. The maximum absolute atomic E-state index is 11.4. The molecule has 0 bridgehead atoms. The minimum Gasteiger partial charge on any atom is -0.481 e. The Balaban J connectivity index is 3.81. The minimum absolute atomic E-state index is 0.106. The van der Waals surface area contributed by atoms with Crippen LogP contribution in [0.4, 0.5) is 4.79 Å². The number of hydrogen-bond acceptors (Lipinski definition) is 3. The normalized spacial score (nSPS) is 10.0. The van der Waals surface area contributed by atoms with Gasteiger partial charge in [-0.15, -0.1) is 0 Å². The number of nitrogens with one attached hydrogen (secondary N) is 2. The molecule has 7 heteroatoms. The van der Waals surface area contributed by atoms with Crippen molar-refractivity contribution in [2.45, 2.75) is 20.3 Å². The molecule has 0 rings (SSSR count). The quantitative estimate of drug-likeness (QED) is 0.593. The van der Waals surface area contributed by atoms with E-state index in [4.69, 9.17) is 5.11 Å². The first-order valence-corrected chi connectivity index (χ1v) is 5.80. The fraction of sp³-hybridized carbons (Fsp3) is 0.727. The highest BCUT2D eigenvalue weighted by Gasteiger charge is 2.11. The summed E-state index contributed by atoms with van der Waals surface area (Å²) in [6.07, 6.45) is -0.122. The van der Waals surface area contributed by atoms with Gasteiger partial charge in [-0.05, 0) is 5.92 Å². The van der Waals surface area contributed by atoms with Crippen LogP contribution in [0.15, 0.2) is 0 Å². The van der Waals surface area contributed by atoms with Crippen molar-refractivity contribution in [3.63, 3.8) is 0 Å². The number of carbonyl (C=O) groups is 3. The summed E-state index contributed by atoms with van der Waals surface area (Å²) in [5.74, 6) is -0.879. The van der Waals surface area contributed by atoms with Crippen molar-refractivity contribution in [3.05, 3.63) is 0 Å². The summed E-state index contributed by atoms with van der Waals surface area (Å²) < 4.78 is 0. The van der Waals surface area contributed by atoms with Crippen LogP contribution in [0.2, 0.25) is 0 Å². The van der Waals surface area contributed by atoms with Crippen molar-refractivity contribution in [2.75, 3.05) is 26.7 Å². The van der Waals surface area contributed by atoms with Crippen molar-refractivity contribution in [1.29, 1.82) is 0 Å². The van der Waals surface area contributed by atoms with Gasteiger partial charge in [-0.25, -0.2) is 4.79 Å². The van der Waals surface area contributed by atoms with E-state index in [1.54, 1.807) is 0 Å². The molecule has 0 spiro atoms. The number of carboxylic acids is 1. The Labute approximate surface area is 107 Å². The molecule has 0 aliphatic rings. The Morgan fingerprint density at radius 1 is 1.22 bits per heavy atom. The molecule has 3 amide bonds. The Bertz CT molecular complexity index is 305. The molecule has 0 radical (unpaired) electrons. The van der Waals surface area contributed by atoms with Crippen LogP contribution < -0.4 is 10.6 Å². The lowest BCUT2D eigenvalue weighted by molar-refractivity contribution is -0.137. The lowest BCUT2D eigenvalue weighted by Crippen LogP contribution is -2.44. The van der Waals surface area contributed by atoms with Gasteiger partial charge in [0.2, 0.25) is 5.91 Å². The van der Waals surface area contributed by atoms with E-state index in [0.29, 0.717) is 12.5 Å². The maximum atomic E-state index is 11.4. The van der Waals surface area contributed by atoms with Crippen molar-refractivity contribution < 1.29 is 19.5 Å². The SMILES string of the molecule is CC(C)CNC(=O)CNC(=O)N(C)CCC(=O)O. The van der Waals surface area contributed by atoms with E-state index in [1.165, 1.54) is 11.9 Å². The monoisotopic (exact) mass is 259 g/mol. The van der Waals surface area contributed by atoms with Crippen molar-refractivity contribution >= 4 is 17.9 Å². The Morgan fingerprint density at radius 3 is 2.33 bits per heavy atom. The first kappa shape index (κ1) is 16.2. The van der Waals surface area contributed by atoms with Gasteiger partial charge in [0, 0.05) is 20.1 Å². The molecular weight excluding hydrogens is 238 g/mol. The lowest BCUT2D eigenvalue weighted by Gasteiger charge is -2.16. The number of rotatable bonds is 7. The average Bonchev–Trinajstić information content (AvgIpc) is 2.30. The molecule has 0 atom stereocenters. The van der Waals surface area contributed by atoms with E-state index in [9.17, 15) is 14.4 Å². The van der Waals surface area contributed by atoms with Gasteiger partial charge in [0.25, 0.3) is 0 Å². The third-order valence-electron chi connectivity index (χ3n) is 2.12. The molecule has 0 aromatic rings. The second-order valence-corrected chi connectivity index (χ2v) is 4.42. The second-order valence-electron chi connectivity index (χ2n) is 4.42. The smallest absolute Gasteiger partial charge is 0.317 e. The van der Waals surface area contributed by atoms with Crippen LogP contribution in [0, 0.1) is 5.92 Å². The molecule has 104 valence electrons. The van der Waals surface area contributed by atoms with Crippen LogP contribution in [0.25, 0.3) is 0 Å². The summed E-state index contributed by atoms with van der Waals surface area (Å²) in [6.45, 7) is 4.50. The van der Waals surface area contributed by atoms with Gasteiger partial charge in [-0.2, -0.15) is 0 Å². The van der Waals surface area contributed by atoms with E-state index in [2.05, 4.69) is 10.6 Å². The number of hydrogen-bond donors (Lipinski definition) is 3. The molecule has 7 nitrogen and oxygen atoms in total. The minimum atomic E-state index is -0.968. The highest BCUT2D eigenvalue weighted by molar-refractivity contribution is 5.84. The predicted molar refractivity (Wildman–Crippen MR) is 66.1 cm³/mol. The topological polar surface area (TPSA) is 98.7 Å². The van der Waals surface area contributed by atoms with Crippen LogP contribution in [0.1, 0.15) is 20.3 Å². The largest absolute Gasteiger partial charge is 0.481 e. The Kier molecular flexibility index (Phi) is 7.50. The van der Waals surface area contributed by atoms with Crippen molar-refractivity contribution in [2.24, 2.45) is 5.92 Å². The fourth-order valence-electron chi connectivity index (χ4n) is 1.04. The predicted octanol–water partition coefficient (Wildman–Crippen LogP) is -0.125. The zero-order chi connectivity index (χ0) is 14.1. The molecule has 0 heterocycles. The molecule has 0 saturated carbocycles. The van der Waals surface area contributed by atoms with Crippen LogP contribution in [0.3, 0.4) is 0 Å². The standard InChI is InChI=1S/C11H21N3O4/c1-8(2)6-12-9(15)7-13-11(18)14(3)5-4-10(16)17/h8H,4-7H2,1-3H3,(H,12,15)(H,13,18)(H,16,17). The number of aliphatic carboxylic acids is 1. The molecule has 0 aliphatic carbocycles. The van der Waals surface area contributed by atoms with E-state index in [-0.39, 0.29) is 25.4 Å². The molecular formula is C11H21N3O4. The molecule has 0 aliphatic heterocycles. The molecule has 0 aromatic carbocycles. The Hall–Kier alpha value is -1.79. The van der Waals surface area contributed by atoms with Crippen molar-refractivity contribution in [3.8, 4) is 0 Å². The lowest BCUT2D eigenvalue weighted by atomic mass is 10.2. The summed E-state index contributed by atoms with van der Waals surface area (Å²) >= 11 is 0. The molecule has 0 saturated heterocycles. The highest BCUT2D eigenvalue weighted by Crippen LogP contribution is 1.89. The van der Waals surface area contributed by atoms with Crippen LogP contribution >= 0.6 is 0 Å². The van der Waals surface area contributed by atoms with Gasteiger partial charge in [-0.3, -0.25) is 9.59 Å². The van der Waals surface area contributed by atoms with Crippen LogP contribution in [-0.4, -0.2) is 54.6 Å². The van der Waals surface area contributed by atoms with Gasteiger partial charge in [-0.1, -0.05) is 13.8 Å². The highest BCUT2D eigenvalue weighted by atomic mass is 16.4.